The van der Waals surface area contributed by atoms with Crippen molar-refractivity contribution in [2.75, 3.05) is 20.2 Å². The van der Waals surface area contributed by atoms with Crippen LogP contribution in [0.4, 0.5) is 5.69 Å². The fourth-order valence-corrected chi connectivity index (χ4v) is 8.26. The van der Waals surface area contributed by atoms with Crippen molar-refractivity contribution in [3.8, 4) is 0 Å². The van der Waals surface area contributed by atoms with E-state index in [-0.39, 0.29) is 21.6 Å². The molecule has 1 aliphatic carbocycles. The first-order valence-electron chi connectivity index (χ1n) is 9.78. The van der Waals surface area contributed by atoms with Crippen molar-refractivity contribution in [3.05, 3.63) is 29.8 Å². The summed E-state index contributed by atoms with van der Waals surface area (Å²) in [4.78, 5) is 19.6. The van der Waals surface area contributed by atoms with Crippen LogP contribution in [0.1, 0.15) is 38.2 Å². The third kappa shape index (κ3) is 1.99. The van der Waals surface area contributed by atoms with Gasteiger partial charge in [0.05, 0.1) is 23.9 Å². The van der Waals surface area contributed by atoms with Crippen LogP contribution in [0.15, 0.2) is 29.3 Å². The van der Waals surface area contributed by atoms with Crippen LogP contribution in [-0.4, -0.2) is 52.5 Å². The second-order valence-electron chi connectivity index (χ2n) is 8.50. The zero-order valence-electron chi connectivity index (χ0n) is 15.7. The van der Waals surface area contributed by atoms with Crippen LogP contribution in [0, 0.1) is 5.41 Å². The molecule has 4 nitrogen and oxygen atoms in total. The number of aliphatic imine (C=N–C) groups is 1. The Bertz CT molecular complexity index is 860. The third-order valence-electron chi connectivity index (χ3n) is 7.54. The van der Waals surface area contributed by atoms with E-state index in [0.29, 0.717) is 12.5 Å². The minimum absolute atomic E-state index is 0.0207. The van der Waals surface area contributed by atoms with E-state index in [1.807, 2.05) is 12.1 Å². The quantitative estimate of drug-likeness (QED) is 0.500. The second-order valence-corrected chi connectivity index (χ2v) is 10.3. The van der Waals surface area contributed by atoms with Crippen LogP contribution in [0.25, 0.3) is 0 Å². The first-order valence-corrected chi connectivity index (χ1v) is 11.1. The van der Waals surface area contributed by atoms with Crippen LogP contribution in [0.3, 0.4) is 0 Å². The van der Waals surface area contributed by atoms with E-state index in [1.54, 1.807) is 0 Å². The minimum atomic E-state index is -1.21. The number of fused-ring (bicyclic) bond motifs is 1. The molecule has 3 fully saturated rings. The summed E-state index contributed by atoms with van der Waals surface area (Å²) in [6.45, 7) is 4.30. The number of para-hydroxylation sites is 1. The molecule has 0 bridgehead atoms. The maximum atomic E-state index is 13.0. The number of carbonyl (C=O) groups excluding carboxylic acids is 1. The van der Waals surface area contributed by atoms with Crippen molar-refractivity contribution in [1.29, 1.82) is 0 Å². The van der Waals surface area contributed by atoms with Crippen LogP contribution in [0.5, 0.6) is 0 Å². The Hall–Kier alpha value is -0.910. The fourth-order valence-electron chi connectivity index (χ4n) is 6.63. The van der Waals surface area contributed by atoms with Gasteiger partial charge in [0.15, 0.2) is 4.87 Å². The second kappa shape index (κ2) is 5.80. The van der Waals surface area contributed by atoms with Gasteiger partial charge < -0.3 is 4.74 Å². The number of carbonyl (C=O) groups is 1. The number of rotatable bonds is 2. The fraction of sp³-hybridized carbons (Fsp3) is 0.619. The highest BCUT2D eigenvalue weighted by Gasteiger charge is 2.75. The van der Waals surface area contributed by atoms with E-state index >= 15 is 0 Å². The van der Waals surface area contributed by atoms with E-state index in [9.17, 15) is 4.79 Å². The number of hydrogen-bond acceptors (Lipinski definition) is 4. The lowest BCUT2D eigenvalue weighted by molar-refractivity contribution is -0.144. The van der Waals surface area contributed by atoms with Gasteiger partial charge in [-0.25, -0.2) is 4.79 Å². The van der Waals surface area contributed by atoms with Gasteiger partial charge in [0.2, 0.25) is 0 Å². The highest BCUT2D eigenvalue weighted by molar-refractivity contribution is 9.09. The van der Waals surface area contributed by atoms with Gasteiger partial charge in [-0.2, -0.15) is 0 Å². The number of piperidine rings is 1. The van der Waals surface area contributed by atoms with Crippen LogP contribution >= 0.6 is 27.5 Å². The van der Waals surface area contributed by atoms with Gasteiger partial charge in [-0.1, -0.05) is 52.7 Å². The van der Waals surface area contributed by atoms with Gasteiger partial charge in [0.1, 0.15) is 0 Å². The van der Waals surface area contributed by atoms with Gasteiger partial charge in [-0.3, -0.25) is 9.89 Å². The molecular weight excluding hydrogens is 428 g/mol. The predicted molar refractivity (Wildman–Crippen MR) is 110 cm³/mol. The zero-order chi connectivity index (χ0) is 19.0. The average Bonchev–Trinajstić information content (AvgIpc) is 3.19. The van der Waals surface area contributed by atoms with Crippen molar-refractivity contribution in [3.63, 3.8) is 0 Å². The molecule has 6 heteroatoms. The molecule has 4 aliphatic rings. The van der Waals surface area contributed by atoms with E-state index < -0.39 is 4.87 Å². The lowest BCUT2D eigenvalue weighted by Gasteiger charge is -2.59. The monoisotopic (exact) mass is 450 g/mol. The Morgan fingerprint density at radius 3 is 2.96 bits per heavy atom. The SMILES string of the molecule is CC[C@]12CCCN3C[C@@H](Br)C4(C(=Nc5ccccc54)[C@@](Cl)(C(=O)OC)C1)[C@@H]32. The summed E-state index contributed by atoms with van der Waals surface area (Å²) in [5.41, 5.74) is 2.56. The van der Waals surface area contributed by atoms with Gasteiger partial charge in [0, 0.05) is 17.4 Å². The minimum Gasteiger partial charge on any atom is -0.467 e. The molecule has 3 heterocycles. The number of nitrogens with zero attached hydrogens (tertiary/aromatic N) is 2. The number of methoxy groups -OCH3 is 1. The van der Waals surface area contributed by atoms with Gasteiger partial charge in [0.25, 0.3) is 0 Å². The molecule has 2 saturated heterocycles. The topological polar surface area (TPSA) is 41.9 Å². The molecule has 0 aromatic heterocycles. The van der Waals surface area contributed by atoms with Crippen LogP contribution < -0.4 is 0 Å². The summed E-state index contributed by atoms with van der Waals surface area (Å²) >= 11 is 11.2. The number of alkyl halides is 2. The van der Waals surface area contributed by atoms with Crippen molar-refractivity contribution < 1.29 is 9.53 Å². The molecule has 1 aromatic carbocycles. The molecule has 1 aromatic rings. The zero-order valence-corrected chi connectivity index (χ0v) is 18.0. The Labute approximate surface area is 173 Å². The van der Waals surface area contributed by atoms with Crippen molar-refractivity contribution in [2.24, 2.45) is 10.4 Å². The summed E-state index contributed by atoms with van der Waals surface area (Å²) in [7, 11) is 1.43. The molecule has 0 N–H and O–H groups in total. The van der Waals surface area contributed by atoms with Gasteiger partial charge in [-0.05, 0) is 49.3 Å². The molecule has 0 radical (unpaired) electrons. The molecule has 3 aliphatic heterocycles. The highest BCUT2D eigenvalue weighted by atomic mass is 79.9. The number of esters is 1. The summed E-state index contributed by atoms with van der Waals surface area (Å²) in [5, 5.41) is 0. The molecule has 5 rings (SSSR count). The molecule has 1 spiro atoms. The average molecular weight is 452 g/mol. The standard InChI is InChI=1S/C21H24BrClN2O2/c1-3-19-9-6-10-25-11-15(22)21(17(19)25)13-7-4-5-8-14(13)24-16(21)20(23,12-19)18(26)27-2/h4-5,7-8,15,17H,3,6,9-12H2,1-2H3/t15-,17+,19+,20-,21?/m1/s1. The molecule has 0 amide bonds. The van der Waals surface area contributed by atoms with Gasteiger partial charge >= 0.3 is 5.97 Å². The molecule has 1 unspecified atom stereocenters. The summed E-state index contributed by atoms with van der Waals surface area (Å²) in [6.07, 6.45) is 3.83. The van der Waals surface area contributed by atoms with Gasteiger partial charge in [-0.15, -0.1) is 0 Å². The third-order valence-corrected chi connectivity index (χ3v) is 9.02. The van der Waals surface area contributed by atoms with E-state index in [0.717, 1.165) is 43.8 Å². The molecular formula is C21H24BrClN2O2. The van der Waals surface area contributed by atoms with Crippen molar-refractivity contribution >= 4 is 44.9 Å². The Morgan fingerprint density at radius 1 is 1.44 bits per heavy atom. The van der Waals surface area contributed by atoms with Crippen LogP contribution in [0.2, 0.25) is 0 Å². The number of halogens is 2. The Morgan fingerprint density at radius 2 is 2.22 bits per heavy atom. The van der Waals surface area contributed by atoms with Crippen molar-refractivity contribution in [1.82, 2.24) is 4.90 Å². The normalized spacial score (nSPS) is 42.1. The molecule has 5 atom stereocenters. The summed E-state index contributed by atoms with van der Waals surface area (Å²) < 4.78 is 5.23. The first-order chi connectivity index (χ1) is 12.9. The highest BCUT2D eigenvalue weighted by Crippen LogP contribution is 2.67. The number of ether oxygens (including phenoxy) is 1. The van der Waals surface area contributed by atoms with E-state index in [2.05, 4.69) is 39.9 Å². The summed E-state index contributed by atoms with van der Waals surface area (Å²) in [6, 6.07) is 8.62. The van der Waals surface area contributed by atoms with E-state index in [1.165, 1.54) is 12.7 Å². The van der Waals surface area contributed by atoms with Crippen LogP contribution in [-0.2, 0) is 14.9 Å². The Balaban J connectivity index is 1.84. The largest absolute Gasteiger partial charge is 0.467 e. The summed E-state index contributed by atoms with van der Waals surface area (Å²) in [5.74, 6) is -0.370. The lowest BCUT2D eigenvalue weighted by Crippen LogP contribution is -2.70. The molecule has 27 heavy (non-hydrogen) atoms. The maximum Gasteiger partial charge on any atom is 0.332 e. The number of benzene rings is 1. The Kier molecular flexibility index (Phi) is 3.90. The first kappa shape index (κ1) is 18.1. The van der Waals surface area contributed by atoms with E-state index in [4.69, 9.17) is 21.3 Å². The lowest BCUT2D eigenvalue weighted by atomic mass is 9.50. The predicted octanol–water partition coefficient (Wildman–Crippen LogP) is 4.20. The molecule has 144 valence electrons. The smallest absolute Gasteiger partial charge is 0.332 e. The number of hydrogen-bond donors (Lipinski definition) is 0. The maximum absolute atomic E-state index is 13.0. The van der Waals surface area contributed by atoms with Crippen molar-refractivity contribution in [2.45, 2.75) is 53.8 Å². The molecule has 1 saturated carbocycles.